The molecule has 2 aliphatic rings. The van der Waals surface area contributed by atoms with Crippen LogP contribution < -0.4 is 11.1 Å². The van der Waals surface area contributed by atoms with Gasteiger partial charge in [-0.25, -0.2) is 24.2 Å². The molecule has 178 valence electrons. The van der Waals surface area contributed by atoms with E-state index < -0.39 is 0 Å². The Labute approximate surface area is 203 Å². The lowest BCUT2D eigenvalue weighted by atomic mass is 10.1. The quantitative estimate of drug-likeness (QED) is 0.226. The van der Waals surface area contributed by atoms with Crippen LogP contribution in [0.15, 0.2) is 49.1 Å². The van der Waals surface area contributed by atoms with Crippen molar-refractivity contribution in [1.82, 2.24) is 29.3 Å². The Morgan fingerprint density at radius 1 is 1.20 bits per heavy atom. The molecule has 4 heterocycles. The number of aromatic nitrogens is 6. The molecule has 10 nitrogen and oxygen atoms in total. The second kappa shape index (κ2) is 8.61. The molecule has 3 aromatic heterocycles. The summed E-state index contributed by atoms with van der Waals surface area (Å²) in [5.74, 6) is 3.32. The van der Waals surface area contributed by atoms with Gasteiger partial charge in [0.2, 0.25) is 5.84 Å². The average molecular weight is 470 g/mol. The van der Waals surface area contributed by atoms with Crippen molar-refractivity contribution in [2.75, 3.05) is 11.9 Å². The van der Waals surface area contributed by atoms with Gasteiger partial charge in [0.25, 0.3) is 0 Å². The molecule has 6 rings (SSSR count). The molecule has 0 radical (unpaired) electrons. The zero-order valence-electron chi connectivity index (χ0n) is 19.7. The fourth-order valence-corrected chi connectivity index (χ4v) is 4.75. The molecule has 1 atom stereocenters. The topological polar surface area (TPSA) is 126 Å². The fraction of sp³-hybridized carbons (Fsp3) is 0.360. The molecule has 0 amide bonds. The highest BCUT2D eigenvalue weighted by molar-refractivity contribution is 5.88. The summed E-state index contributed by atoms with van der Waals surface area (Å²) in [6.45, 7) is 3.47. The van der Waals surface area contributed by atoms with E-state index in [9.17, 15) is 0 Å². The first-order valence-electron chi connectivity index (χ1n) is 12.2. The first kappa shape index (κ1) is 21.5. The van der Waals surface area contributed by atoms with Crippen LogP contribution in [0.25, 0.3) is 28.2 Å². The van der Waals surface area contributed by atoms with E-state index in [-0.39, 0.29) is 6.04 Å². The Bertz CT molecular complexity index is 1430. The van der Waals surface area contributed by atoms with Gasteiger partial charge in [-0.15, -0.1) is 0 Å². The fourth-order valence-electron chi connectivity index (χ4n) is 4.75. The minimum absolute atomic E-state index is 0.121. The largest absolute Gasteiger partial charge is 0.362 e. The van der Waals surface area contributed by atoms with Crippen molar-refractivity contribution >= 4 is 28.7 Å². The number of hydrogen-bond acceptors (Lipinski definition) is 7. The van der Waals surface area contributed by atoms with Crippen LogP contribution in [0.3, 0.4) is 0 Å². The molecule has 1 unspecified atom stereocenters. The maximum Gasteiger partial charge on any atom is 0.232 e. The van der Waals surface area contributed by atoms with Crippen LogP contribution in [-0.2, 0) is 6.54 Å². The minimum atomic E-state index is 0.121. The number of nitrogens with two attached hydrogens (primary N) is 1. The predicted octanol–water partition coefficient (Wildman–Crippen LogP) is 3.03. The van der Waals surface area contributed by atoms with Crippen molar-refractivity contribution < 1.29 is 4.58 Å². The lowest BCUT2D eigenvalue weighted by molar-refractivity contribution is -0.423. The molecule has 1 aromatic carbocycles. The second-order valence-corrected chi connectivity index (χ2v) is 9.22. The smallest absolute Gasteiger partial charge is 0.232 e. The molecular formula is C25H29N10+. The van der Waals surface area contributed by atoms with Crippen molar-refractivity contribution in [3.8, 4) is 17.1 Å². The zero-order chi connectivity index (χ0) is 23.9. The first-order valence-corrected chi connectivity index (χ1v) is 12.2. The van der Waals surface area contributed by atoms with Crippen LogP contribution >= 0.6 is 0 Å². The minimum Gasteiger partial charge on any atom is -0.362 e. The van der Waals surface area contributed by atoms with Gasteiger partial charge in [-0.05, 0) is 38.3 Å². The van der Waals surface area contributed by atoms with Crippen molar-refractivity contribution in [2.45, 2.75) is 45.2 Å². The number of aryl methyl sites for hydroxylation is 1. The summed E-state index contributed by atoms with van der Waals surface area (Å²) in [5, 5.41) is 16.6. The Balaban J connectivity index is 1.31. The number of para-hydroxylation sites is 1. The van der Waals surface area contributed by atoms with E-state index in [0.29, 0.717) is 24.1 Å². The molecule has 1 aliphatic carbocycles. The number of nitrogens with zero attached hydrogens (tertiary/aromatic N) is 7. The van der Waals surface area contributed by atoms with Gasteiger partial charge in [0, 0.05) is 25.1 Å². The molecule has 1 saturated carbocycles. The molecule has 0 bridgehead atoms. The van der Waals surface area contributed by atoms with Crippen LogP contribution in [0.5, 0.6) is 0 Å². The maximum atomic E-state index is 8.50. The number of hydrogen-bond donors (Lipinski definition) is 3. The summed E-state index contributed by atoms with van der Waals surface area (Å²) in [6.07, 6.45) is 9.23. The second-order valence-electron chi connectivity index (χ2n) is 9.22. The number of benzene rings is 1. The van der Waals surface area contributed by atoms with Crippen molar-refractivity contribution in [3.63, 3.8) is 0 Å². The van der Waals surface area contributed by atoms with Gasteiger partial charge < -0.3 is 15.6 Å². The molecule has 1 aliphatic heterocycles. The number of fused-ring (bicyclic) bond motifs is 1. The molecule has 0 spiro atoms. The van der Waals surface area contributed by atoms with Gasteiger partial charge in [-0.3, -0.25) is 0 Å². The highest BCUT2D eigenvalue weighted by atomic mass is 15.3. The normalized spacial score (nSPS) is 18.3. The summed E-state index contributed by atoms with van der Waals surface area (Å²) in [7, 11) is 0. The third-order valence-corrected chi connectivity index (χ3v) is 6.80. The number of rotatable bonds is 6. The molecule has 10 heteroatoms. The molecule has 1 fully saturated rings. The molecule has 4 N–H and O–H groups in total. The predicted molar refractivity (Wildman–Crippen MR) is 135 cm³/mol. The Morgan fingerprint density at radius 3 is 2.80 bits per heavy atom. The van der Waals surface area contributed by atoms with Crippen LogP contribution in [-0.4, -0.2) is 58.1 Å². The van der Waals surface area contributed by atoms with Crippen LogP contribution in [0.2, 0.25) is 0 Å². The van der Waals surface area contributed by atoms with Crippen LogP contribution in [0.1, 0.15) is 32.6 Å². The average Bonchev–Trinajstić information content (AvgIpc) is 3.49. The lowest BCUT2D eigenvalue weighted by Crippen LogP contribution is -2.45. The number of nitrogens with one attached hydrogen (secondary N) is 2. The van der Waals surface area contributed by atoms with Crippen molar-refractivity contribution in [3.05, 3.63) is 49.1 Å². The van der Waals surface area contributed by atoms with Gasteiger partial charge in [-0.2, -0.15) is 10.5 Å². The van der Waals surface area contributed by atoms with E-state index in [1.165, 1.54) is 0 Å². The highest BCUT2D eigenvalue weighted by Crippen LogP contribution is 2.31. The van der Waals surface area contributed by atoms with Gasteiger partial charge in [-0.1, -0.05) is 18.2 Å². The highest BCUT2D eigenvalue weighted by Gasteiger charge is 2.36. The van der Waals surface area contributed by atoms with Crippen molar-refractivity contribution in [2.24, 2.45) is 11.7 Å². The number of amidine groups is 2. The summed E-state index contributed by atoms with van der Waals surface area (Å²) in [6, 6.07) is 10.1. The number of anilines is 1. The van der Waals surface area contributed by atoms with Gasteiger partial charge in [0.15, 0.2) is 22.8 Å². The monoisotopic (exact) mass is 469 g/mol. The van der Waals surface area contributed by atoms with E-state index >= 15 is 0 Å². The summed E-state index contributed by atoms with van der Waals surface area (Å²) >= 11 is 0. The third kappa shape index (κ3) is 3.94. The first-order chi connectivity index (χ1) is 17.1. The van der Waals surface area contributed by atoms with Gasteiger partial charge in [0.1, 0.15) is 12.2 Å². The molecule has 0 saturated heterocycles. The number of imidazole rings is 1. The SMILES string of the molecule is CCn1c(-c2cnn(-c3ccccc3)c2)nc2c(NC3CCC(N)=[N+](C(=N)C4CC4)C3)ncnc21. The molecule has 35 heavy (non-hydrogen) atoms. The van der Waals surface area contributed by atoms with Gasteiger partial charge in [0.05, 0.1) is 30.0 Å². The van der Waals surface area contributed by atoms with E-state index in [4.69, 9.17) is 16.1 Å². The van der Waals surface area contributed by atoms with Gasteiger partial charge >= 0.3 is 0 Å². The van der Waals surface area contributed by atoms with E-state index in [2.05, 4.69) is 31.9 Å². The Kier molecular flexibility index (Phi) is 5.28. The summed E-state index contributed by atoms with van der Waals surface area (Å²) < 4.78 is 5.92. The van der Waals surface area contributed by atoms with Crippen LogP contribution in [0, 0.1) is 11.3 Å². The van der Waals surface area contributed by atoms with Crippen molar-refractivity contribution in [1.29, 1.82) is 5.41 Å². The van der Waals surface area contributed by atoms with E-state index in [0.717, 1.165) is 66.3 Å². The summed E-state index contributed by atoms with van der Waals surface area (Å²) in [5.41, 5.74) is 9.71. The lowest BCUT2D eigenvalue weighted by Gasteiger charge is -2.25. The maximum absolute atomic E-state index is 8.50. The van der Waals surface area contributed by atoms with E-state index in [1.807, 2.05) is 52.0 Å². The van der Waals surface area contributed by atoms with Crippen LogP contribution in [0.4, 0.5) is 5.82 Å². The zero-order valence-corrected chi connectivity index (χ0v) is 19.7. The molecular weight excluding hydrogens is 440 g/mol. The Hall–Kier alpha value is -4.08. The summed E-state index contributed by atoms with van der Waals surface area (Å²) in [4.78, 5) is 14.1. The van der Waals surface area contributed by atoms with E-state index in [1.54, 1.807) is 6.33 Å². The Morgan fingerprint density at radius 2 is 2.03 bits per heavy atom. The molecule has 4 aromatic rings. The standard InChI is InChI=1S/C25H28N10/c1-2-33-24(17-12-30-35(13-17)19-6-4-3-5-7-19)32-21-23(28-15-29-25(21)33)31-18-10-11-20(26)34(14-18)22(27)16-8-9-16/h3-7,12-13,15-16,18,26-27H,2,8-11,14H2,1H3,(H,28,29,31)/p+1. The third-order valence-electron chi connectivity index (χ3n) is 6.80.